The Labute approximate surface area is 176 Å². The Kier molecular flexibility index (Phi) is 5.57. The van der Waals surface area contributed by atoms with Crippen molar-refractivity contribution in [2.45, 2.75) is 43.5 Å². The van der Waals surface area contributed by atoms with E-state index in [1.807, 2.05) is 28.8 Å². The van der Waals surface area contributed by atoms with E-state index in [1.165, 1.54) is 12.1 Å². The second-order valence-corrected chi connectivity index (χ2v) is 9.60. The van der Waals surface area contributed by atoms with Crippen molar-refractivity contribution in [3.05, 3.63) is 60.0 Å². The maximum Gasteiger partial charge on any atom is 0.253 e. The number of likely N-dealkylation sites (tertiary alicyclic amines) is 1. The number of rotatable bonds is 5. The van der Waals surface area contributed by atoms with E-state index in [0.717, 1.165) is 24.3 Å². The number of amides is 1. The topological polar surface area (TPSA) is 96.7 Å². The lowest BCUT2D eigenvalue weighted by Crippen LogP contribution is -2.39. The average molecular weight is 428 g/mol. The van der Waals surface area contributed by atoms with Crippen molar-refractivity contribution < 1.29 is 13.2 Å². The van der Waals surface area contributed by atoms with Crippen molar-refractivity contribution in [3.8, 4) is 0 Å². The SMILES string of the molecule is CC(C)NS(=O)(=O)c1cccc(C(=O)N2CCCC(c3nnc4ccccn34)C2)c1. The van der Waals surface area contributed by atoms with E-state index in [1.54, 1.807) is 30.9 Å². The Morgan fingerprint density at radius 3 is 2.80 bits per heavy atom. The molecule has 0 radical (unpaired) electrons. The number of hydrogen-bond donors (Lipinski definition) is 1. The molecule has 8 nitrogen and oxygen atoms in total. The molecule has 0 spiro atoms. The molecule has 1 aliphatic heterocycles. The second-order valence-electron chi connectivity index (χ2n) is 7.88. The highest BCUT2D eigenvalue weighted by atomic mass is 32.2. The van der Waals surface area contributed by atoms with Crippen molar-refractivity contribution in [1.29, 1.82) is 0 Å². The average Bonchev–Trinajstić information content (AvgIpc) is 3.17. The number of carbonyl (C=O) groups is 1. The van der Waals surface area contributed by atoms with Gasteiger partial charge in [0.2, 0.25) is 10.0 Å². The van der Waals surface area contributed by atoms with Gasteiger partial charge in [0.1, 0.15) is 5.82 Å². The summed E-state index contributed by atoms with van der Waals surface area (Å²) in [6, 6.07) is 11.7. The summed E-state index contributed by atoms with van der Waals surface area (Å²) in [5, 5.41) is 8.57. The van der Waals surface area contributed by atoms with Gasteiger partial charge in [0, 0.05) is 36.8 Å². The second kappa shape index (κ2) is 8.16. The van der Waals surface area contributed by atoms with Crippen LogP contribution < -0.4 is 4.72 Å². The minimum atomic E-state index is -3.66. The number of piperidine rings is 1. The Balaban J connectivity index is 1.56. The van der Waals surface area contributed by atoms with Crippen LogP contribution in [0.15, 0.2) is 53.6 Å². The minimum Gasteiger partial charge on any atom is -0.338 e. The van der Waals surface area contributed by atoms with E-state index in [-0.39, 0.29) is 22.8 Å². The molecule has 2 aromatic heterocycles. The first-order chi connectivity index (χ1) is 14.3. The number of hydrogen-bond acceptors (Lipinski definition) is 5. The molecule has 1 unspecified atom stereocenters. The molecule has 3 heterocycles. The molecule has 3 aromatic rings. The smallest absolute Gasteiger partial charge is 0.253 e. The molecule has 1 aromatic carbocycles. The normalized spacial score (nSPS) is 17.6. The van der Waals surface area contributed by atoms with E-state index in [2.05, 4.69) is 14.9 Å². The molecule has 4 rings (SSSR count). The van der Waals surface area contributed by atoms with Gasteiger partial charge < -0.3 is 4.90 Å². The summed E-state index contributed by atoms with van der Waals surface area (Å²) >= 11 is 0. The number of sulfonamides is 1. The summed E-state index contributed by atoms with van der Waals surface area (Å²) in [4.78, 5) is 15.0. The zero-order chi connectivity index (χ0) is 21.3. The highest BCUT2D eigenvalue weighted by Crippen LogP contribution is 2.27. The zero-order valence-corrected chi connectivity index (χ0v) is 17.8. The predicted octanol–water partition coefficient (Wildman–Crippen LogP) is 2.44. The molecule has 0 aliphatic carbocycles. The minimum absolute atomic E-state index is 0.0784. The molecule has 1 saturated heterocycles. The van der Waals surface area contributed by atoms with E-state index >= 15 is 0 Å². The van der Waals surface area contributed by atoms with Crippen LogP contribution in [0.2, 0.25) is 0 Å². The van der Waals surface area contributed by atoms with Gasteiger partial charge in [-0.2, -0.15) is 0 Å². The highest BCUT2D eigenvalue weighted by Gasteiger charge is 2.29. The van der Waals surface area contributed by atoms with Gasteiger partial charge >= 0.3 is 0 Å². The van der Waals surface area contributed by atoms with Crippen molar-refractivity contribution >= 4 is 21.6 Å². The molecule has 30 heavy (non-hydrogen) atoms. The molecular formula is C21H25N5O3S. The van der Waals surface area contributed by atoms with Crippen LogP contribution in [0.3, 0.4) is 0 Å². The van der Waals surface area contributed by atoms with Crippen molar-refractivity contribution in [1.82, 2.24) is 24.2 Å². The Morgan fingerprint density at radius 1 is 1.17 bits per heavy atom. The van der Waals surface area contributed by atoms with Gasteiger partial charge in [-0.1, -0.05) is 12.1 Å². The van der Waals surface area contributed by atoms with Crippen LogP contribution in [0.1, 0.15) is 48.8 Å². The number of nitrogens with one attached hydrogen (secondary N) is 1. The lowest BCUT2D eigenvalue weighted by atomic mass is 9.96. The third kappa shape index (κ3) is 4.08. The van der Waals surface area contributed by atoms with Crippen LogP contribution in [0, 0.1) is 0 Å². The fourth-order valence-electron chi connectivity index (χ4n) is 3.87. The van der Waals surface area contributed by atoms with E-state index in [9.17, 15) is 13.2 Å². The molecular weight excluding hydrogens is 402 g/mol. The molecule has 1 amide bonds. The number of pyridine rings is 1. The summed E-state index contributed by atoms with van der Waals surface area (Å²) in [5.74, 6) is 0.755. The monoisotopic (exact) mass is 427 g/mol. The van der Waals surface area contributed by atoms with Crippen LogP contribution in [-0.4, -0.2) is 53.0 Å². The van der Waals surface area contributed by atoms with Crippen molar-refractivity contribution in [2.75, 3.05) is 13.1 Å². The Bertz CT molecular complexity index is 1170. The summed E-state index contributed by atoms with van der Waals surface area (Å²) < 4.78 is 29.5. The summed E-state index contributed by atoms with van der Waals surface area (Å²) in [6.07, 6.45) is 3.71. The van der Waals surface area contributed by atoms with Gasteiger partial charge in [0.05, 0.1) is 4.90 Å². The molecule has 0 saturated carbocycles. The van der Waals surface area contributed by atoms with Crippen LogP contribution in [0.4, 0.5) is 0 Å². The van der Waals surface area contributed by atoms with E-state index in [0.29, 0.717) is 18.7 Å². The summed E-state index contributed by atoms with van der Waals surface area (Å²) in [7, 11) is -3.66. The first kappa shape index (κ1) is 20.5. The number of aromatic nitrogens is 3. The van der Waals surface area contributed by atoms with Gasteiger partial charge in [0.25, 0.3) is 5.91 Å². The van der Waals surface area contributed by atoms with E-state index < -0.39 is 10.0 Å². The number of carbonyl (C=O) groups excluding carboxylic acids is 1. The molecule has 158 valence electrons. The van der Waals surface area contributed by atoms with Gasteiger partial charge in [-0.3, -0.25) is 9.20 Å². The standard InChI is InChI=1S/C21H25N5O3S/c1-15(2)24-30(28,29)18-9-5-7-16(13-18)21(27)25-11-6-8-17(14-25)20-23-22-19-10-3-4-12-26(19)20/h3-5,7,9-10,12-13,15,17,24H,6,8,11,14H2,1-2H3. The predicted molar refractivity (Wildman–Crippen MR) is 113 cm³/mol. The molecule has 1 fully saturated rings. The fourth-order valence-corrected chi connectivity index (χ4v) is 5.16. The number of benzene rings is 1. The summed E-state index contributed by atoms with van der Waals surface area (Å²) in [5.41, 5.74) is 1.15. The Hall–Kier alpha value is -2.78. The third-order valence-electron chi connectivity index (χ3n) is 5.20. The third-order valence-corrected chi connectivity index (χ3v) is 6.85. The first-order valence-corrected chi connectivity index (χ1v) is 11.5. The van der Waals surface area contributed by atoms with E-state index in [4.69, 9.17) is 0 Å². The maximum atomic E-state index is 13.1. The quantitative estimate of drug-likeness (QED) is 0.675. The van der Waals surface area contributed by atoms with Crippen LogP contribution in [-0.2, 0) is 10.0 Å². The molecule has 0 bridgehead atoms. The zero-order valence-electron chi connectivity index (χ0n) is 17.0. The lowest BCUT2D eigenvalue weighted by Gasteiger charge is -2.32. The van der Waals surface area contributed by atoms with Crippen LogP contribution >= 0.6 is 0 Å². The first-order valence-electron chi connectivity index (χ1n) is 10.1. The largest absolute Gasteiger partial charge is 0.338 e. The molecule has 1 N–H and O–H groups in total. The van der Waals surface area contributed by atoms with Crippen LogP contribution in [0.25, 0.3) is 5.65 Å². The van der Waals surface area contributed by atoms with Gasteiger partial charge in [-0.15, -0.1) is 10.2 Å². The molecule has 1 aliphatic rings. The maximum absolute atomic E-state index is 13.1. The highest BCUT2D eigenvalue weighted by molar-refractivity contribution is 7.89. The molecule has 9 heteroatoms. The van der Waals surface area contributed by atoms with Gasteiger partial charge in [-0.05, 0) is 57.0 Å². The Morgan fingerprint density at radius 2 is 2.00 bits per heavy atom. The van der Waals surface area contributed by atoms with Crippen molar-refractivity contribution in [3.63, 3.8) is 0 Å². The lowest BCUT2D eigenvalue weighted by molar-refractivity contribution is 0.0704. The van der Waals surface area contributed by atoms with Gasteiger partial charge in [0.15, 0.2) is 5.65 Å². The van der Waals surface area contributed by atoms with Gasteiger partial charge in [-0.25, -0.2) is 13.1 Å². The fraction of sp³-hybridized carbons (Fsp3) is 0.381. The number of fused-ring (bicyclic) bond motifs is 1. The van der Waals surface area contributed by atoms with Crippen LogP contribution in [0.5, 0.6) is 0 Å². The number of nitrogens with zero attached hydrogens (tertiary/aromatic N) is 4. The molecule has 1 atom stereocenters. The summed E-state index contributed by atoms with van der Waals surface area (Å²) in [6.45, 7) is 4.67. The van der Waals surface area contributed by atoms with Crippen molar-refractivity contribution in [2.24, 2.45) is 0 Å².